The summed E-state index contributed by atoms with van der Waals surface area (Å²) in [5.74, 6) is -0.191. The van der Waals surface area contributed by atoms with E-state index in [2.05, 4.69) is 10.3 Å². The molecule has 128 valence electrons. The predicted octanol–water partition coefficient (Wildman–Crippen LogP) is 3.42. The van der Waals surface area contributed by atoms with Gasteiger partial charge in [0.15, 0.2) is 10.7 Å². The zero-order valence-electron chi connectivity index (χ0n) is 14.1. The van der Waals surface area contributed by atoms with Gasteiger partial charge in [-0.2, -0.15) is 0 Å². The van der Waals surface area contributed by atoms with Gasteiger partial charge in [-0.3, -0.25) is 10.1 Å². The van der Waals surface area contributed by atoms with Crippen LogP contribution in [0.4, 0.5) is 5.13 Å². The molecule has 1 aromatic carbocycles. The van der Waals surface area contributed by atoms with Gasteiger partial charge in [0.05, 0.1) is 12.3 Å². The fourth-order valence-electron chi connectivity index (χ4n) is 1.91. The highest BCUT2D eigenvalue weighted by atomic mass is 32.1. The van der Waals surface area contributed by atoms with Crippen LogP contribution in [-0.2, 0) is 9.53 Å². The third-order valence-electron chi connectivity index (χ3n) is 3.14. The zero-order valence-corrected chi connectivity index (χ0v) is 14.9. The van der Waals surface area contributed by atoms with Gasteiger partial charge in [0, 0.05) is 0 Å². The maximum Gasteiger partial charge on any atom is 0.350 e. The molecule has 0 spiro atoms. The van der Waals surface area contributed by atoms with Crippen molar-refractivity contribution >= 4 is 28.3 Å². The summed E-state index contributed by atoms with van der Waals surface area (Å²) in [6, 6.07) is 9.09. The fraction of sp³-hybridized carbons (Fsp3) is 0.353. The Morgan fingerprint density at radius 1 is 1.25 bits per heavy atom. The van der Waals surface area contributed by atoms with Crippen LogP contribution >= 0.6 is 11.3 Å². The number of benzene rings is 1. The average molecular weight is 348 g/mol. The summed E-state index contributed by atoms with van der Waals surface area (Å²) >= 11 is 1.09. The van der Waals surface area contributed by atoms with Crippen LogP contribution < -0.4 is 10.1 Å². The lowest BCUT2D eigenvalue weighted by molar-refractivity contribution is -0.128. The molecule has 2 aromatic rings. The monoisotopic (exact) mass is 348 g/mol. The SMILES string of the molecule is CCOC(=O)c1sc(NC(=O)C(C)(C)Oc2ccccc2)nc1C. The Hall–Kier alpha value is -2.41. The quantitative estimate of drug-likeness (QED) is 0.809. The first kappa shape index (κ1) is 17.9. The first-order chi connectivity index (χ1) is 11.3. The molecular formula is C17H20N2O4S. The van der Waals surface area contributed by atoms with Crippen LogP contribution in [0.15, 0.2) is 30.3 Å². The summed E-state index contributed by atoms with van der Waals surface area (Å²) < 4.78 is 10.7. The highest BCUT2D eigenvalue weighted by molar-refractivity contribution is 7.17. The van der Waals surface area contributed by atoms with E-state index in [1.807, 2.05) is 18.2 Å². The first-order valence-electron chi connectivity index (χ1n) is 7.53. The van der Waals surface area contributed by atoms with Crippen LogP contribution in [0.2, 0.25) is 0 Å². The van der Waals surface area contributed by atoms with Crippen LogP contribution in [0.1, 0.15) is 36.1 Å². The van der Waals surface area contributed by atoms with Crippen molar-refractivity contribution in [3.05, 3.63) is 40.9 Å². The van der Waals surface area contributed by atoms with E-state index in [4.69, 9.17) is 9.47 Å². The molecule has 0 aliphatic rings. The summed E-state index contributed by atoms with van der Waals surface area (Å²) in [5.41, 5.74) is -0.569. The van der Waals surface area contributed by atoms with Crippen molar-refractivity contribution in [2.45, 2.75) is 33.3 Å². The molecule has 2 rings (SSSR count). The normalized spacial score (nSPS) is 11.0. The molecule has 0 radical (unpaired) electrons. The van der Waals surface area contributed by atoms with E-state index in [0.717, 1.165) is 11.3 Å². The molecule has 0 saturated heterocycles. The molecule has 24 heavy (non-hydrogen) atoms. The number of rotatable bonds is 6. The topological polar surface area (TPSA) is 77.5 Å². The Kier molecular flexibility index (Phi) is 5.56. The van der Waals surface area contributed by atoms with Crippen LogP contribution in [0, 0.1) is 6.92 Å². The summed E-state index contributed by atoms with van der Waals surface area (Å²) in [4.78, 5) is 28.9. The number of aryl methyl sites for hydroxylation is 1. The molecule has 0 atom stereocenters. The van der Waals surface area contributed by atoms with Gasteiger partial charge in [-0.25, -0.2) is 9.78 Å². The number of aromatic nitrogens is 1. The van der Waals surface area contributed by atoms with Crippen molar-refractivity contribution in [3.63, 3.8) is 0 Å². The lowest BCUT2D eigenvalue weighted by Gasteiger charge is -2.24. The molecule has 0 aliphatic carbocycles. The molecule has 0 unspecified atom stereocenters. The number of carbonyl (C=O) groups excluding carboxylic acids is 2. The number of thiazole rings is 1. The lowest BCUT2D eigenvalue weighted by atomic mass is 10.1. The van der Waals surface area contributed by atoms with Gasteiger partial charge in [0.25, 0.3) is 5.91 Å². The van der Waals surface area contributed by atoms with Crippen LogP contribution in [0.5, 0.6) is 5.75 Å². The van der Waals surface area contributed by atoms with Gasteiger partial charge in [-0.15, -0.1) is 0 Å². The van der Waals surface area contributed by atoms with Gasteiger partial charge in [-0.1, -0.05) is 29.5 Å². The Morgan fingerprint density at radius 3 is 2.54 bits per heavy atom. The van der Waals surface area contributed by atoms with Crippen molar-refractivity contribution < 1.29 is 19.1 Å². The summed E-state index contributed by atoms with van der Waals surface area (Å²) in [7, 11) is 0. The maximum absolute atomic E-state index is 12.5. The van der Waals surface area contributed by atoms with Crippen molar-refractivity contribution in [3.8, 4) is 5.75 Å². The predicted molar refractivity (Wildman–Crippen MR) is 92.6 cm³/mol. The summed E-state index contributed by atoms with van der Waals surface area (Å²) in [6.45, 7) is 7.06. The molecule has 0 aliphatic heterocycles. The molecular weight excluding hydrogens is 328 g/mol. The van der Waals surface area contributed by atoms with Gasteiger partial charge in [0.1, 0.15) is 10.6 Å². The van der Waals surface area contributed by atoms with Crippen molar-refractivity contribution in [2.75, 3.05) is 11.9 Å². The van der Waals surface area contributed by atoms with Crippen molar-refractivity contribution in [1.29, 1.82) is 0 Å². The third-order valence-corrected chi connectivity index (χ3v) is 4.19. The minimum atomic E-state index is -1.09. The largest absolute Gasteiger partial charge is 0.478 e. The zero-order chi connectivity index (χ0) is 17.7. The number of nitrogens with zero attached hydrogens (tertiary/aromatic N) is 1. The number of carbonyl (C=O) groups is 2. The summed E-state index contributed by atoms with van der Waals surface area (Å²) in [5, 5.41) is 3.03. The van der Waals surface area contributed by atoms with E-state index >= 15 is 0 Å². The second-order valence-electron chi connectivity index (χ2n) is 5.53. The van der Waals surface area contributed by atoms with E-state index in [0.29, 0.717) is 21.5 Å². The number of hydrogen-bond acceptors (Lipinski definition) is 6. The van der Waals surface area contributed by atoms with Crippen LogP contribution in [0.25, 0.3) is 0 Å². The second-order valence-corrected chi connectivity index (χ2v) is 6.53. The number of nitrogens with one attached hydrogen (secondary N) is 1. The number of para-hydroxylation sites is 1. The third kappa shape index (κ3) is 4.32. The Labute approximate surface area is 144 Å². The molecule has 1 N–H and O–H groups in total. The molecule has 0 saturated carbocycles. The number of esters is 1. The standard InChI is InChI=1S/C17H20N2O4S/c1-5-22-14(20)13-11(2)18-16(24-13)19-15(21)17(3,4)23-12-9-7-6-8-10-12/h6-10H,5H2,1-4H3,(H,18,19,21). The van der Waals surface area contributed by atoms with E-state index < -0.39 is 11.6 Å². The van der Waals surface area contributed by atoms with Crippen LogP contribution in [0.3, 0.4) is 0 Å². The second kappa shape index (κ2) is 7.44. The molecule has 1 heterocycles. The van der Waals surface area contributed by atoms with Crippen LogP contribution in [-0.4, -0.2) is 29.1 Å². The first-order valence-corrected chi connectivity index (χ1v) is 8.35. The Balaban J connectivity index is 2.08. The molecule has 0 bridgehead atoms. The Morgan fingerprint density at radius 2 is 1.92 bits per heavy atom. The molecule has 0 fully saturated rings. The fourth-order valence-corrected chi connectivity index (χ4v) is 2.77. The Bertz CT molecular complexity index is 725. The van der Waals surface area contributed by atoms with E-state index in [1.54, 1.807) is 39.8 Å². The smallest absolute Gasteiger partial charge is 0.350 e. The highest BCUT2D eigenvalue weighted by Gasteiger charge is 2.31. The van der Waals surface area contributed by atoms with Gasteiger partial charge in [-0.05, 0) is 39.8 Å². The minimum absolute atomic E-state index is 0.288. The molecule has 6 nitrogen and oxygen atoms in total. The number of anilines is 1. The van der Waals surface area contributed by atoms with Gasteiger partial charge >= 0.3 is 5.97 Å². The maximum atomic E-state index is 12.5. The number of hydrogen-bond donors (Lipinski definition) is 1. The lowest BCUT2D eigenvalue weighted by Crippen LogP contribution is -2.42. The highest BCUT2D eigenvalue weighted by Crippen LogP contribution is 2.25. The van der Waals surface area contributed by atoms with Gasteiger partial charge < -0.3 is 9.47 Å². The van der Waals surface area contributed by atoms with E-state index in [-0.39, 0.29) is 12.5 Å². The van der Waals surface area contributed by atoms with Crippen molar-refractivity contribution in [1.82, 2.24) is 4.98 Å². The summed E-state index contributed by atoms with van der Waals surface area (Å²) in [6.07, 6.45) is 0. The average Bonchev–Trinajstić information content (AvgIpc) is 2.88. The minimum Gasteiger partial charge on any atom is -0.478 e. The van der Waals surface area contributed by atoms with E-state index in [1.165, 1.54) is 0 Å². The molecule has 1 aromatic heterocycles. The number of amides is 1. The molecule has 1 amide bonds. The van der Waals surface area contributed by atoms with Crippen molar-refractivity contribution in [2.24, 2.45) is 0 Å². The molecule has 7 heteroatoms. The van der Waals surface area contributed by atoms with Gasteiger partial charge in [0.2, 0.25) is 0 Å². The van der Waals surface area contributed by atoms with E-state index in [9.17, 15) is 9.59 Å². The number of ether oxygens (including phenoxy) is 2.